The number of hydrogen-bond acceptors (Lipinski definition) is 4. The smallest absolute Gasteiger partial charge is 0.256 e. The summed E-state index contributed by atoms with van der Waals surface area (Å²) < 4.78 is 41.3. The van der Waals surface area contributed by atoms with Crippen LogP contribution in [0.5, 0.6) is 0 Å². The van der Waals surface area contributed by atoms with Crippen LogP contribution in [0.4, 0.5) is 4.39 Å². The van der Waals surface area contributed by atoms with Gasteiger partial charge in [-0.25, -0.2) is 17.5 Å². The van der Waals surface area contributed by atoms with Crippen LogP contribution in [-0.2, 0) is 10.0 Å². The van der Waals surface area contributed by atoms with Crippen LogP contribution in [0.25, 0.3) is 0 Å². The lowest BCUT2D eigenvalue weighted by Gasteiger charge is -2.16. The molecule has 9 heteroatoms. The number of amides is 1. The van der Waals surface area contributed by atoms with Crippen molar-refractivity contribution in [1.29, 1.82) is 0 Å². The van der Waals surface area contributed by atoms with Gasteiger partial charge in [-0.1, -0.05) is 0 Å². The van der Waals surface area contributed by atoms with Crippen molar-refractivity contribution in [3.8, 4) is 0 Å². The molecule has 2 N–H and O–H groups in total. The normalized spacial score (nSPS) is 20.9. The van der Waals surface area contributed by atoms with E-state index in [9.17, 15) is 17.6 Å². The molecule has 6 nitrogen and oxygen atoms in total. The average molecular weight is 378 g/mol. The van der Waals surface area contributed by atoms with Gasteiger partial charge in [0.15, 0.2) is 0 Å². The van der Waals surface area contributed by atoms with Crippen molar-refractivity contribution >= 4 is 28.3 Å². The first kappa shape index (κ1) is 19.1. The van der Waals surface area contributed by atoms with Crippen molar-refractivity contribution in [3.05, 3.63) is 29.6 Å². The number of likely N-dealkylation sites (tertiary alicyclic amines) is 1. The number of sulfonamides is 1. The van der Waals surface area contributed by atoms with Crippen LogP contribution in [0.15, 0.2) is 23.1 Å². The Hall–Kier alpha value is -1.22. The molecule has 2 aliphatic rings. The minimum Gasteiger partial charge on any atom is -0.339 e. The monoisotopic (exact) mass is 377 g/mol. The maximum atomic E-state index is 14.2. The first-order chi connectivity index (χ1) is 11.0. The van der Waals surface area contributed by atoms with E-state index in [2.05, 4.69) is 10.0 Å². The van der Waals surface area contributed by atoms with Crippen LogP contribution < -0.4 is 10.0 Å². The van der Waals surface area contributed by atoms with E-state index in [4.69, 9.17) is 0 Å². The van der Waals surface area contributed by atoms with Crippen molar-refractivity contribution in [3.63, 3.8) is 0 Å². The molecule has 134 valence electrons. The lowest BCUT2D eigenvalue weighted by molar-refractivity contribution is 0.0788. The van der Waals surface area contributed by atoms with Crippen LogP contribution in [0.3, 0.4) is 0 Å². The van der Waals surface area contributed by atoms with Gasteiger partial charge in [0.25, 0.3) is 5.91 Å². The summed E-state index contributed by atoms with van der Waals surface area (Å²) in [4.78, 5) is 13.7. The highest BCUT2D eigenvalue weighted by atomic mass is 35.5. The molecular weight excluding hydrogens is 357 g/mol. The highest BCUT2D eigenvalue weighted by Gasteiger charge is 2.26. The molecule has 1 atom stereocenters. The van der Waals surface area contributed by atoms with E-state index in [1.807, 2.05) is 0 Å². The predicted molar refractivity (Wildman–Crippen MR) is 90.4 cm³/mol. The number of carbonyl (C=O) groups excluding carboxylic acids is 1. The minimum atomic E-state index is -3.78. The van der Waals surface area contributed by atoms with Gasteiger partial charge in [0.2, 0.25) is 10.0 Å². The Kier molecular flexibility index (Phi) is 6.19. The third-order valence-electron chi connectivity index (χ3n) is 4.26. The molecule has 2 heterocycles. The van der Waals surface area contributed by atoms with Gasteiger partial charge in [-0.05, 0) is 44.0 Å². The van der Waals surface area contributed by atoms with Gasteiger partial charge in [0.05, 0.1) is 10.5 Å². The number of rotatable bonds is 4. The number of hydrogen-bond donors (Lipinski definition) is 2. The van der Waals surface area contributed by atoms with Gasteiger partial charge < -0.3 is 10.2 Å². The van der Waals surface area contributed by atoms with Crippen molar-refractivity contribution < 1.29 is 17.6 Å². The standard InChI is InChI=1S/C15H20FN3O3S.ClH/c16-14-9-12(23(21,22)18-11-5-6-17-10-11)3-4-13(14)15(20)19-7-1-2-8-19;/h3-4,9,11,17-18H,1-2,5-8,10H2;1H. The van der Waals surface area contributed by atoms with Gasteiger partial charge in [-0.15, -0.1) is 12.4 Å². The Balaban J connectivity index is 0.00000208. The van der Waals surface area contributed by atoms with Gasteiger partial charge in [0, 0.05) is 25.7 Å². The molecule has 24 heavy (non-hydrogen) atoms. The van der Waals surface area contributed by atoms with Gasteiger partial charge in [0.1, 0.15) is 5.82 Å². The fourth-order valence-electron chi connectivity index (χ4n) is 2.97. The quantitative estimate of drug-likeness (QED) is 0.824. The van der Waals surface area contributed by atoms with Crippen molar-refractivity contribution in [2.45, 2.75) is 30.2 Å². The summed E-state index contributed by atoms with van der Waals surface area (Å²) in [7, 11) is -3.78. The van der Waals surface area contributed by atoms with Crippen LogP contribution in [0, 0.1) is 5.82 Å². The molecule has 1 aromatic carbocycles. The average Bonchev–Trinajstić information content (AvgIpc) is 3.19. The molecular formula is C15H21ClFN3O3S. The van der Waals surface area contributed by atoms with E-state index in [-0.39, 0.29) is 34.8 Å². The van der Waals surface area contributed by atoms with Crippen LogP contribution >= 0.6 is 12.4 Å². The third-order valence-corrected chi connectivity index (χ3v) is 5.77. The summed E-state index contributed by atoms with van der Waals surface area (Å²) in [5, 5.41) is 3.06. The molecule has 2 saturated heterocycles. The maximum Gasteiger partial charge on any atom is 0.256 e. The Bertz CT molecular complexity index is 702. The van der Waals surface area contributed by atoms with E-state index in [1.165, 1.54) is 12.1 Å². The number of nitrogens with zero attached hydrogens (tertiary/aromatic N) is 1. The molecule has 2 fully saturated rings. The number of benzene rings is 1. The summed E-state index contributed by atoms with van der Waals surface area (Å²) in [5.74, 6) is -1.17. The minimum absolute atomic E-state index is 0. The van der Waals surface area contributed by atoms with E-state index in [0.29, 0.717) is 26.1 Å². The first-order valence-corrected chi connectivity index (χ1v) is 9.27. The molecule has 1 aromatic rings. The second kappa shape index (κ2) is 7.77. The highest BCUT2D eigenvalue weighted by molar-refractivity contribution is 7.89. The zero-order chi connectivity index (χ0) is 16.4. The molecule has 0 bridgehead atoms. The number of carbonyl (C=O) groups is 1. The topological polar surface area (TPSA) is 78.5 Å². The summed E-state index contributed by atoms with van der Waals surface area (Å²) in [6, 6.07) is 3.29. The molecule has 0 radical (unpaired) electrons. The molecule has 3 rings (SSSR count). The molecule has 0 spiro atoms. The van der Waals surface area contributed by atoms with Crippen molar-refractivity contribution in [2.24, 2.45) is 0 Å². The zero-order valence-corrected chi connectivity index (χ0v) is 14.8. The zero-order valence-electron chi connectivity index (χ0n) is 13.1. The summed E-state index contributed by atoms with van der Waals surface area (Å²) in [6.07, 6.45) is 2.53. The van der Waals surface area contributed by atoms with Gasteiger partial charge in [-0.3, -0.25) is 4.79 Å². The van der Waals surface area contributed by atoms with Gasteiger partial charge >= 0.3 is 0 Å². The lowest BCUT2D eigenvalue weighted by Crippen LogP contribution is -2.36. The predicted octanol–water partition coefficient (Wildman–Crippen LogP) is 1.12. The molecule has 0 aliphatic carbocycles. The maximum absolute atomic E-state index is 14.2. The Labute approximate surface area is 147 Å². The van der Waals surface area contributed by atoms with E-state index >= 15 is 0 Å². The van der Waals surface area contributed by atoms with E-state index < -0.39 is 15.8 Å². The highest BCUT2D eigenvalue weighted by Crippen LogP contribution is 2.19. The second-order valence-electron chi connectivity index (χ2n) is 5.95. The molecule has 0 aromatic heterocycles. The molecule has 2 aliphatic heterocycles. The van der Waals surface area contributed by atoms with Crippen LogP contribution in [-0.4, -0.2) is 51.4 Å². The number of halogens is 2. The van der Waals surface area contributed by atoms with E-state index in [1.54, 1.807) is 4.90 Å². The molecule has 0 saturated carbocycles. The first-order valence-electron chi connectivity index (χ1n) is 7.79. The van der Waals surface area contributed by atoms with E-state index in [0.717, 1.165) is 25.5 Å². The Morgan fingerprint density at radius 3 is 2.58 bits per heavy atom. The molecule has 1 unspecified atom stereocenters. The van der Waals surface area contributed by atoms with Crippen molar-refractivity contribution in [2.75, 3.05) is 26.2 Å². The molecule has 1 amide bonds. The Morgan fingerprint density at radius 2 is 2.00 bits per heavy atom. The summed E-state index contributed by atoms with van der Waals surface area (Å²) in [5.41, 5.74) is -0.0756. The second-order valence-corrected chi connectivity index (χ2v) is 7.67. The van der Waals surface area contributed by atoms with Crippen LogP contribution in [0.2, 0.25) is 0 Å². The summed E-state index contributed by atoms with van der Waals surface area (Å²) >= 11 is 0. The lowest BCUT2D eigenvalue weighted by atomic mass is 10.2. The third kappa shape index (κ3) is 4.05. The SMILES string of the molecule is Cl.O=C(c1ccc(S(=O)(=O)NC2CCNC2)cc1F)N1CCCC1. The fourth-order valence-corrected chi connectivity index (χ4v) is 4.25. The van der Waals surface area contributed by atoms with Crippen molar-refractivity contribution in [1.82, 2.24) is 14.9 Å². The summed E-state index contributed by atoms with van der Waals surface area (Å²) in [6.45, 7) is 2.56. The fraction of sp³-hybridized carbons (Fsp3) is 0.533. The Morgan fingerprint density at radius 1 is 1.29 bits per heavy atom. The largest absolute Gasteiger partial charge is 0.339 e. The number of nitrogens with one attached hydrogen (secondary N) is 2. The van der Waals surface area contributed by atoms with Gasteiger partial charge in [-0.2, -0.15) is 0 Å². The van der Waals surface area contributed by atoms with Crippen LogP contribution in [0.1, 0.15) is 29.6 Å².